The van der Waals surface area contributed by atoms with Gasteiger partial charge in [-0.2, -0.15) is 0 Å². The van der Waals surface area contributed by atoms with E-state index in [0.717, 1.165) is 19.3 Å². The van der Waals surface area contributed by atoms with Gasteiger partial charge in [0.25, 0.3) is 11.8 Å². The molecule has 26 heavy (non-hydrogen) atoms. The van der Waals surface area contributed by atoms with Crippen LogP contribution in [0.4, 0.5) is 0 Å². The van der Waals surface area contributed by atoms with Gasteiger partial charge in [-0.25, -0.2) is 0 Å². The van der Waals surface area contributed by atoms with E-state index in [1.54, 1.807) is 17.0 Å². The van der Waals surface area contributed by atoms with Crippen molar-refractivity contribution in [3.05, 3.63) is 33.7 Å². The summed E-state index contributed by atoms with van der Waals surface area (Å²) in [6.45, 7) is 5.47. The van der Waals surface area contributed by atoms with Crippen molar-refractivity contribution < 1.29 is 9.59 Å². The first-order valence-corrected chi connectivity index (χ1v) is 9.66. The fourth-order valence-electron chi connectivity index (χ4n) is 3.35. The van der Waals surface area contributed by atoms with Crippen LogP contribution in [-0.2, 0) is 6.54 Å². The topological polar surface area (TPSA) is 80.2 Å². The number of amides is 2. The molecule has 6 nitrogen and oxygen atoms in total. The molecule has 1 aromatic rings. The highest BCUT2D eigenvalue weighted by Gasteiger charge is 2.20. The van der Waals surface area contributed by atoms with E-state index in [0.29, 0.717) is 24.9 Å². The smallest absolute Gasteiger partial charge is 0.256 e. The molecule has 1 aliphatic rings. The third kappa shape index (κ3) is 5.44. The summed E-state index contributed by atoms with van der Waals surface area (Å²) >= 11 is 0. The molecule has 0 bridgehead atoms. The highest BCUT2D eigenvalue weighted by molar-refractivity contribution is 5.99. The van der Waals surface area contributed by atoms with Gasteiger partial charge in [-0.05, 0) is 31.1 Å². The number of aromatic nitrogens is 1. The molecule has 6 heteroatoms. The number of rotatable bonds is 7. The minimum atomic E-state index is -0.508. The molecule has 1 heterocycles. The maximum absolute atomic E-state index is 12.6. The summed E-state index contributed by atoms with van der Waals surface area (Å²) in [5.74, 6) is 0.124. The monoisotopic (exact) mass is 361 g/mol. The molecule has 1 saturated carbocycles. The quantitative estimate of drug-likeness (QED) is 0.783. The Bertz CT molecular complexity index is 688. The van der Waals surface area contributed by atoms with Crippen molar-refractivity contribution in [3.63, 3.8) is 0 Å². The lowest BCUT2D eigenvalue weighted by atomic mass is 9.89. The van der Waals surface area contributed by atoms with Gasteiger partial charge in [0.1, 0.15) is 11.1 Å². The van der Waals surface area contributed by atoms with E-state index in [2.05, 4.69) is 24.5 Å². The van der Waals surface area contributed by atoms with Crippen molar-refractivity contribution in [2.45, 2.75) is 58.9 Å². The van der Waals surface area contributed by atoms with Gasteiger partial charge in [0.2, 0.25) is 5.43 Å². The zero-order valence-electron chi connectivity index (χ0n) is 16.1. The van der Waals surface area contributed by atoms with Gasteiger partial charge < -0.3 is 15.2 Å². The van der Waals surface area contributed by atoms with Gasteiger partial charge in [-0.1, -0.05) is 33.1 Å². The van der Waals surface area contributed by atoms with E-state index >= 15 is 0 Å². The Morgan fingerprint density at radius 2 is 1.73 bits per heavy atom. The average Bonchev–Trinajstić information content (AvgIpc) is 2.65. The third-order valence-corrected chi connectivity index (χ3v) is 5.04. The van der Waals surface area contributed by atoms with Crippen LogP contribution in [0.15, 0.2) is 17.2 Å². The van der Waals surface area contributed by atoms with Gasteiger partial charge >= 0.3 is 0 Å². The van der Waals surface area contributed by atoms with Crippen LogP contribution in [0.5, 0.6) is 0 Å². The first-order chi connectivity index (χ1) is 12.4. The molecule has 0 unspecified atom stereocenters. The predicted molar refractivity (Wildman–Crippen MR) is 102 cm³/mol. The molecule has 0 radical (unpaired) electrons. The summed E-state index contributed by atoms with van der Waals surface area (Å²) in [5.41, 5.74) is -0.446. The van der Waals surface area contributed by atoms with Gasteiger partial charge in [0, 0.05) is 32.5 Å². The number of carbonyl (C=O) groups is 2. The SMILES string of the molecule is CNC(=O)c1cn(CCC(C)C)cc(C(=O)NCC2CCCCC2)c1=O. The molecular formula is C20H31N3O3. The maximum Gasteiger partial charge on any atom is 0.256 e. The molecule has 2 N–H and O–H groups in total. The van der Waals surface area contributed by atoms with E-state index in [9.17, 15) is 14.4 Å². The molecular weight excluding hydrogens is 330 g/mol. The molecule has 0 aliphatic heterocycles. The minimum absolute atomic E-state index is 0.0153. The Hall–Kier alpha value is -2.11. The van der Waals surface area contributed by atoms with E-state index in [-0.39, 0.29) is 17.0 Å². The Kier molecular flexibility index (Phi) is 7.42. The summed E-state index contributed by atoms with van der Waals surface area (Å²) < 4.78 is 1.78. The minimum Gasteiger partial charge on any atom is -0.355 e. The molecule has 1 fully saturated rings. The van der Waals surface area contributed by atoms with Crippen LogP contribution in [0.1, 0.15) is 73.1 Å². The Morgan fingerprint density at radius 3 is 2.31 bits per heavy atom. The summed E-state index contributed by atoms with van der Waals surface area (Å²) in [6.07, 6.45) is 9.94. The first kappa shape index (κ1) is 20.2. The fraction of sp³-hybridized carbons (Fsp3) is 0.650. The lowest BCUT2D eigenvalue weighted by Crippen LogP contribution is -2.36. The predicted octanol–water partition coefficient (Wildman–Crippen LogP) is 2.56. The summed E-state index contributed by atoms with van der Waals surface area (Å²) in [5, 5.41) is 5.38. The van der Waals surface area contributed by atoms with Crippen LogP contribution in [0.2, 0.25) is 0 Å². The fourth-order valence-corrected chi connectivity index (χ4v) is 3.35. The average molecular weight is 361 g/mol. The number of hydrogen-bond acceptors (Lipinski definition) is 3. The number of hydrogen-bond donors (Lipinski definition) is 2. The normalized spacial score (nSPS) is 15.1. The molecule has 0 atom stereocenters. The van der Waals surface area contributed by atoms with Crippen LogP contribution in [0.25, 0.3) is 0 Å². The van der Waals surface area contributed by atoms with Crippen molar-refractivity contribution >= 4 is 11.8 Å². The van der Waals surface area contributed by atoms with Crippen molar-refractivity contribution in [1.82, 2.24) is 15.2 Å². The van der Waals surface area contributed by atoms with E-state index < -0.39 is 11.3 Å². The molecule has 0 spiro atoms. The Morgan fingerprint density at radius 1 is 1.12 bits per heavy atom. The zero-order valence-corrected chi connectivity index (χ0v) is 16.1. The molecule has 1 aliphatic carbocycles. The van der Waals surface area contributed by atoms with Crippen molar-refractivity contribution in [2.24, 2.45) is 11.8 Å². The number of aryl methyl sites for hydroxylation is 1. The molecule has 2 rings (SSSR count). The number of carbonyl (C=O) groups excluding carboxylic acids is 2. The van der Waals surface area contributed by atoms with E-state index in [1.807, 2.05) is 0 Å². The molecule has 0 aromatic carbocycles. The highest BCUT2D eigenvalue weighted by atomic mass is 16.2. The summed E-state index contributed by atoms with van der Waals surface area (Å²) in [6, 6.07) is 0. The van der Waals surface area contributed by atoms with Gasteiger partial charge in [-0.3, -0.25) is 14.4 Å². The van der Waals surface area contributed by atoms with Crippen LogP contribution >= 0.6 is 0 Å². The second-order valence-electron chi connectivity index (χ2n) is 7.63. The maximum atomic E-state index is 12.6. The lowest BCUT2D eigenvalue weighted by Gasteiger charge is -2.21. The van der Waals surface area contributed by atoms with Crippen molar-refractivity contribution in [3.8, 4) is 0 Å². The van der Waals surface area contributed by atoms with E-state index in [1.165, 1.54) is 26.3 Å². The second kappa shape index (κ2) is 9.55. The Balaban J connectivity index is 2.20. The highest BCUT2D eigenvalue weighted by Crippen LogP contribution is 2.22. The zero-order chi connectivity index (χ0) is 19.1. The lowest BCUT2D eigenvalue weighted by molar-refractivity contribution is 0.0941. The molecule has 2 amide bonds. The first-order valence-electron chi connectivity index (χ1n) is 9.66. The molecule has 1 aromatic heterocycles. The number of nitrogens with one attached hydrogen (secondary N) is 2. The third-order valence-electron chi connectivity index (χ3n) is 5.04. The number of nitrogens with zero attached hydrogens (tertiary/aromatic N) is 1. The summed E-state index contributed by atoms with van der Waals surface area (Å²) in [7, 11) is 1.48. The molecule has 0 saturated heterocycles. The van der Waals surface area contributed by atoms with Crippen LogP contribution in [0, 0.1) is 11.8 Å². The van der Waals surface area contributed by atoms with Gasteiger partial charge in [0.15, 0.2) is 0 Å². The summed E-state index contributed by atoms with van der Waals surface area (Å²) in [4.78, 5) is 37.3. The Labute approximate surface area is 155 Å². The van der Waals surface area contributed by atoms with Gasteiger partial charge in [0.05, 0.1) is 0 Å². The largest absolute Gasteiger partial charge is 0.355 e. The molecule has 144 valence electrons. The van der Waals surface area contributed by atoms with Crippen LogP contribution in [0.3, 0.4) is 0 Å². The standard InChI is InChI=1S/C20H31N3O3/c1-14(2)9-10-23-12-16(19(25)21-3)18(24)17(13-23)20(26)22-11-15-7-5-4-6-8-15/h12-15H,4-11H2,1-3H3,(H,21,25)(H,22,26). The van der Waals surface area contributed by atoms with Crippen LogP contribution < -0.4 is 16.1 Å². The van der Waals surface area contributed by atoms with Crippen molar-refractivity contribution in [2.75, 3.05) is 13.6 Å². The van der Waals surface area contributed by atoms with Crippen LogP contribution in [-0.4, -0.2) is 30.0 Å². The second-order valence-corrected chi connectivity index (χ2v) is 7.63. The van der Waals surface area contributed by atoms with Crippen molar-refractivity contribution in [1.29, 1.82) is 0 Å². The number of pyridine rings is 1. The van der Waals surface area contributed by atoms with E-state index in [4.69, 9.17) is 0 Å². The van der Waals surface area contributed by atoms with Gasteiger partial charge in [-0.15, -0.1) is 0 Å².